The Balaban J connectivity index is 1.64. The lowest BCUT2D eigenvalue weighted by Crippen LogP contribution is -2.35. The zero-order valence-corrected chi connectivity index (χ0v) is 15.9. The minimum Gasteiger partial charge on any atom is -0.495 e. The minimum absolute atomic E-state index is 0.138. The van der Waals surface area contributed by atoms with Gasteiger partial charge in [0.1, 0.15) is 5.75 Å². The van der Waals surface area contributed by atoms with Crippen LogP contribution in [-0.4, -0.2) is 58.0 Å². The number of anilines is 1. The highest BCUT2D eigenvalue weighted by atomic mass is 35.5. The molecule has 0 radical (unpaired) electrons. The monoisotopic (exact) mass is 400 g/mol. The number of aromatic nitrogens is 4. The third kappa shape index (κ3) is 4.44. The predicted octanol–water partition coefficient (Wildman–Crippen LogP) is 2.24. The Morgan fingerprint density at radius 2 is 1.96 bits per heavy atom. The van der Waals surface area contributed by atoms with Crippen LogP contribution in [0.15, 0.2) is 42.5 Å². The van der Waals surface area contributed by atoms with E-state index in [9.17, 15) is 9.59 Å². The van der Waals surface area contributed by atoms with E-state index in [4.69, 9.17) is 16.3 Å². The number of tetrazole rings is 1. The van der Waals surface area contributed by atoms with E-state index in [1.807, 2.05) is 0 Å². The number of hydrogen-bond acceptors (Lipinski definition) is 6. The molecule has 0 aliphatic rings. The second-order valence-electron chi connectivity index (χ2n) is 5.87. The van der Waals surface area contributed by atoms with E-state index in [-0.39, 0.29) is 18.4 Å². The maximum absolute atomic E-state index is 12.6. The molecule has 28 heavy (non-hydrogen) atoms. The normalized spacial score (nSPS) is 10.4. The summed E-state index contributed by atoms with van der Waals surface area (Å²) in [6, 6.07) is 11.6. The minimum atomic E-state index is -0.375. The summed E-state index contributed by atoms with van der Waals surface area (Å²) in [5.74, 6) is 0.235. The number of methoxy groups -OCH3 is 1. The van der Waals surface area contributed by atoms with Crippen LogP contribution >= 0.6 is 11.6 Å². The van der Waals surface area contributed by atoms with Crippen LogP contribution in [0.2, 0.25) is 5.02 Å². The van der Waals surface area contributed by atoms with E-state index in [2.05, 4.69) is 25.9 Å². The number of likely N-dealkylation sites (N-methyl/N-ethyl adjacent to an activating group) is 1. The molecule has 0 bridgehead atoms. The number of carbonyl (C=O) groups is 2. The highest BCUT2D eigenvalue weighted by molar-refractivity contribution is 6.31. The van der Waals surface area contributed by atoms with Crippen LogP contribution in [0.1, 0.15) is 10.4 Å². The van der Waals surface area contributed by atoms with E-state index >= 15 is 0 Å². The van der Waals surface area contributed by atoms with Crippen LogP contribution in [0, 0.1) is 0 Å². The lowest BCUT2D eigenvalue weighted by Gasteiger charge is -2.18. The molecule has 2 amide bonds. The molecule has 144 valence electrons. The summed E-state index contributed by atoms with van der Waals surface area (Å²) in [5.41, 5.74) is 1.59. The van der Waals surface area contributed by atoms with Crippen molar-refractivity contribution in [2.24, 2.45) is 0 Å². The molecule has 2 aromatic carbocycles. The maximum Gasteiger partial charge on any atom is 0.254 e. The van der Waals surface area contributed by atoms with Crippen LogP contribution in [0.5, 0.6) is 5.75 Å². The molecular formula is C18H17ClN6O3. The molecule has 1 aromatic heterocycles. The zero-order valence-electron chi connectivity index (χ0n) is 15.1. The van der Waals surface area contributed by atoms with Gasteiger partial charge in [-0.2, -0.15) is 5.21 Å². The Hall–Kier alpha value is -3.46. The Labute approximate surface area is 165 Å². The number of carbonyl (C=O) groups excluding carboxylic acids is 2. The molecule has 0 fully saturated rings. The topological polar surface area (TPSA) is 113 Å². The van der Waals surface area contributed by atoms with E-state index in [0.29, 0.717) is 27.8 Å². The van der Waals surface area contributed by atoms with Gasteiger partial charge in [0.05, 0.1) is 19.3 Å². The number of halogens is 1. The Bertz CT molecular complexity index is 975. The van der Waals surface area contributed by atoms with Crippen molar-refractivity contribution in [2.45, 2.75) is 0 Å². The van der Waals surface area contributed by atoms with Gasteiger partial charge in [0.2, 0.25) is 11.7 Å². The fourth-order valence-corrected chi connectivity index (χ4v) is 2.69. The summed E-state index contributed by atoms with van der Waals surface area (Å²) in [7, 11) is 3.04. The second-order valence-corrected chi connectivity index (χ2v) is 6.30. The first-order valence-electron chi connectivity index (χ1n) is 8.20. The first-order chi connectivity index (χ1) is 13.5. The molecule has 9 nitrogen and oxygen atoms in total. The fraction of sp³-hybridized carbons (Fsp3) is 0.167. The van der Waals surface area contributed by atoms with Gasteiger partial charge in [0.25, 0.3) is 5.91 Å². The van der Waals surface area contributed by atoms with Gasteiger partial charge in [-0.3, -0.25) is 9.59 Å². The number of H-pyrrole nitrogens is 1. The third-order valence-electron chi connectivity index (χ3n) is 3.90. The van der Waals surface area contributed by atoms with Crippen LogP contribution < -0.4 is 10.1 Å². The lowest BCUT2D eigenvalue weighted by atomic mass is 10.1. The molecule has 0 atom stereocenters. The Morgan fingerprint density at radius 3 is 2.61 bits per heavy atom. The van der Waals surface area contributed by atoms with E-state index in [1.54, 1.807) is 49.5 Å². The highest BCUT2D eigenvalue weighted by Crippen LogP contribution is 2.27. The number of nitrogens with one attached hydrogen (secondary N) is 2. The molecule has 0 unspecified atom stereocenters. The van der Waals surface area contributed by atoms with Crippen molar-refractivity contribution < 1.29 is 14.3 Å². The fourth-order valence-electron chi connectivity index (χ4n) is 2.52. The summed E-state index contributed by atoms with van der Waals surface area (Å²) in [6.07, 6.45) is 0. The first-order valence-corrected chi connectivity index (χ1v) is 8.58. The molecule has 0 saturated heterocycles. The van der Waals surface area contributed by atoms with Crippen LogP contribution in [-0.2, 0) is 4.79 Å². The van der Waals surface area contributed by atoms with Crippen molar-refractivity contribution in [3.8, 4) is 17.1 Å². The summed E-state index contributed by atoms with van der Waals surface area (Å²) >= 11 is 5.96. The van der Waals surface area contributed by atoms with Gasteiger partial charge in [0.15, 0.2) is 0 Å². The number of nitrogens with zero attached hydrogens (tertiary/aromatic N) is 4. The Morgan fingerprint density at radius 1 is 1.21 bits per heavy atom. The van der Waals surface area contributed by atoms with Crippen molar-refractivity contribution >= 4 is 29.1 Å². The van der Waals surface area contributed by atoms with Gasteiger partial charge >= 0.3 is 0 Å². The highest BCUT2D eigenvalue weighted by Gasteiger charge is 2.17. The lowest BCUT2D eigenvalue weighted by molar-refractivity contribution is -0.116. The summed E-state index contributed by atoms with van der Waals surface area (Å²) in [5, 5.41) is 16.8. The molecule has 0 aliphatic heterocycles. The first kappa shape index (κ1) is 19.3. The van der Waals surface area contributed by atoms with Crippen LogP contribution in [0.3, 0.4) is 0 Å². The second kappa shape index (κ2) is 8.49. The molecule has 0 spiro atoms. The number of aromatic amines is 1. The van der Waals surface area contributed by atoms with E-state index < -0.39 is 0 Å². The van der Waals surface area contributed by atoms with Crippen molar-refractivity contribution in [3.05, 3.63) is 53.1 Å². The molecule has 1 heterocycles. The van der Waals surface area contributed by atoms with E-state index in [0.717, 1.165) is 5.56 Å². The van der Waals surface area contributed by atoms with Crippen molar-refractivity contribution in [2.75, 3.05) is 26.0 Å². The number of benzene rings is 2. The smallest absolute Gasteiger partial charge is 0.254 e. The van der Waals surface area contributed by atoms with Crippen LogP contribution in [0.25, 0.3) is 11.4 Å². The maximum atomic E-state index is 12.6. The SMILES string of the molecule is COc1ccc(Cl)cc1NC(=O)CN(C)C(=O)c1ccc(-c2nn[nH]n2)cc1. The van der Waals surface area contributed by atoms with E-state index in [1.165, 1.54) is 12.0 Å². The summed E-state index contributed by atoms with van der Waals surface area (Å²) in [6.45, 7) is -0.138. The average molecular weight is 401 g/mol. The Kier molecular flexibility index (Phi) is 5.85. The zero-order chi connectivity index (χ0) is 20.1. The molecule has 0 aliphatic carbocycles. The predicted molar refractivity (Wildman–Crippen MR) is 103 cm³/mol. The number of rotatable bonds is 6. The molecule has 10 heteroatoms. The van der Waals surface area contributed by atoms with Gasteiger partial charge in [-0.25, -0.2) is 0 Å². The largest absolute Gasteiger partial charge is 0.495 e. The van der Waals surface area contributed by atoms with Gasteiger partial charge in [-0.15, -0.1) is 10.2 Å². The number of amides is 2. The third-order valence-corrected chi connectivity index (χ3v) is 4.13. The molecule has 3 aromatic rings. The quantitative estimate of drug-likeness (QED) is 0.656. The van der Waals surface area contributed by atoms with Gasteiger partial charge in [-0.05, 0) is 35.5 Å². The van der Waals surface area contributed by atoms with Gasteiger partial charge in [-0.1, -0.05) is 23.7 Å². The number of ether oxygens (including phenoxy) is 1. The molecular weight excluding hydrogens is 384 g/mol. The average Bonchev–Trinajstić information content (AvgIpc) is 3.22. The molecule has 0 saturated carbocycles. The van der Waals surface area contributed by atoms with Crippen LogP contribution in [0.4, 0.5) is 5.69 Å². The van der Waals surface area contributed by atoms with Gasteiger partial charge in [0, 0.05) is 23.2 Å². The van der Waals surface area contributed by atoms with Crippen molar-refractivity contribution in [3.63, 3.8) is 0 Å². The molecule has 3 rings (SSSR count). The summed E-state index contributed by atoms with van der Waals surface area (Å²) < 4.78 is 5.19. The standard InChI is InChI=1S/C18H17ClN6O3/c1-25(10-16(26)20-14-9-13(19)7-8-15(14)28-2)18(27)12-5-3-11(4-6-12)17-21-23-24-22-17/h3-9H,10H2,1-2H3,(H,20,26)(H,21,22,23,24). The van der Waals surface area contributed by atoms with Gasteiger partial charge < -0.3 is 15.0 Å². The molecule has 2 N–H and O–H groups in total. The van der Waals surface area contributed by atoms with Crippen molar-refractivity contribution in [1.29, 1.82) is 0 Å². The summed E-state index contributed by atoms with van der Waals surface area (Å²) in [4.78, 5) is 26.2. The van der Waals surface area contributed by atoms with Crippen molar-refractivity contribution in [1.82, 2.24) is 25.5 Å². The number of hydrogen-bond donors (Lipinski definition) is 2.